The summed E-state index contributed by atoms with van der Waals surface area (Å²) in [5, 5.41) is 2.96. The van der Waals surface area contributed by atoms with Gasteiger partial charge in [0.25, 0.3) is 5.91 Å². The minimum absolute atomic E-state index is 0.138. The molecule has 1 heterocycles. The molecule has 21 heavy (non-hydrogen) atoms. The van der Waals surface area contributed by atoms with Crippen LogP contribution in [-0.2, 0) is 0 Å². The van der Waals surface area contributed by atoms with E-state index in [2.05, 4.69) is 38.6 Å². The molecular formula is C15H23BrN4O. The third-order valence-electron chi connectivity index (χ3n) is 4.21. The molecule has 6 heteroatoms. The molecule has 0 spiro atoms. The van der Waals surface area contributed by atoms with Crippen LogP contribution in [0.4, 0.5) is 5.82 Å². The molecular weight excluding hydrogens is 332 g/mol. The van der Waals surface area contributed by atoms with Gasteiger partial charge in [0.2, 0.25) is 0 Å². The van der Waals surface area contributed by atoms with Gasteiger partial charge in [0.1, 0.15) is 0 Å². The van der Waals surface area contributed by atoms with Gasteiger partial charge in [0.15, 0.2) is 5.82 Å². The van der Waals surface area contributed by atoms with Crippen molar-refractivity contribution in [2.45, 2.75) is 39.0 Å². The fraction of sp³-hybridized carbons (Fsp3) is 0.600. The largest absolute Gasteiger partial charge is 0.352 e. The lowest BCUT2D eigenvalue weighted by atomic mass is 9.81. The SMILES string of the molecule is CC1CCC(CCNC(=O)c2cc(Br)cnc2NN)CC1. The van der Waals surface area contributed by atoms with E-state index in [9.17, 15) is 4.79 Å². The molecule has 116 valence electrons. The number of carbonyl (C=O) groups is 1. The van der Waals surface area contributed by atoms with Gasteiger partial charge in [0.05, 0.1) is 5.56 Å². The summed E-state index contributed by atoms with van der Waals surface area (Å²) in [7, 11) is 0. The Hall–Kier alpha value is -1.14. The molecule has 4 N–H and O–H groups in total. The van der Waals surface area contributed by atoms with Gasteiger partial charge < -0.3 is 10.7 Å². The van der Waals surface area contributed by atoms with Crippen molar-refractivity contribution in [3.8, 4) is 0 Å². The molecule has 0 atom stereocenters. The zero-order valence-corrected chi connectivity index (χ0v) is 13.9. The summed E-state index contributed by atoms with van der Waals surface area (Å²) in [4.78, 5) is 16.3. The number of hydrazine groups is 1. The number of carbonyl (C=O) groups excluding carboxylic acids is 1. The molecule has 1 amide bonds. The van der Waals surface area contributed by atoms with Crippen LogP contribution in [0, 0.1) is 11.8 Å². The lowest BCUT2D eigenvalue weighted by Crippen LogP contribution is -2.28. The Kier molecular flexibility index (Phi) is 5.99. The second-order valence-corrected chi connectivity index (χ2v) is 6.78. The van der Waals surface area contributed by atoms with Crippen LogP contribution >= 0.6 is 15.9 Å². The van der Waals surface area contributed by atoms with Crippen molar-refractivity contribution in [3.63, 3.8) is 0 Å². The van der Waals surface area contributed by atoms with Crippen LogP contribution in [0.1, 0.15) is 49.4 Å². The molecule has 0 bridgehead atoms. The molecule has 1 aromatic heterocycles. The van der Waals surface area contributed by atoms with Crippen LogP contribution in [0.25, 0.3) is 0 Å². The van der Waals surface area contributed by atoms with E-state index in [1.165, 1.54) is 25.7 Å². The summed E-state index contributed by atoms with van der Waals surface area (Å²) in [6.07, 6.45) is 7.85. The first-order valence-corrected chi connectivity index (χ1v) is 8.29. The van der Waals surface area contributed by atoms with E-state index < -0.39 is 0 Å². The van der Waals surface area contributed by atoms with Crippen molar-refractivity contribution in [1.29, 1.82) is 0 Å². The van der Waals surface area contributed by atoms with Crippen LogP contribution in [0.3, 0.4) is 0 Å². The molecule has 0 unspecified atom stereocenters. The number of nitrogen functional groups attached to an aromatic ring is 1. The minimum atomic E-state index is -0.138. The number of hydrogen-bond donors (Lipinski definition) is 3. The van der Waals surface area contributed by atoms with Gasteiger partial charge in [-0.3, -0.25) is 4.79 Å². The smallest absolute Gasteiger partial charge is 0.255 e. The first-order chi connectivity index (χ1) is 10.1. The first-order valence-electron chi connectivity index (χ1n) is 7.50. The van der Waals surface area contributed by atoms with Crippen molar-refractivity contribution in [3.05, 3.63) is 22.3 Å². The predicted octanol–water partition coefficient (Wildman–Crippen LogP) is 3.08. The molecule has 2 rings (SSSR count). The van der Waals surface area contributed by atoms with Crippen molar-refractivity contribution < 1.29 is 4.79 Å². The lowest BCUT2D eigenvalue weighted by Gasteiger charge is -2.26. The van der Waals surface area contributed by atoms with Crippen LogP contribution in [0.15, 0.2) is 16.7 Å². The summed E-state index contributed by atoms with van der Waals surface area (Å²) in [6, 6.07) is 1.72. The number of nitrogens with one attached hydrogen (secondary N) is 2. The van der Waals surface area contributed by atoms with Gasteiger partial charge in [-0.25, -0.2) is 10.8 Å². The highest BCUT2D eigenvalue weighted by Crippen LogP contribution is 2.30. The second-order valence-electron chi connectivity index (χ2n) is 5.86. The highest BCUT2D eigenvalue weighted by molar-refractivity contribution is 9.10. The molecule has 0 aliphatic heterocycles. The van der Waals surface area contributed by atoms with Crippen LogP contribution < -0.4 is 16.6 Å². The van der Waals surface area contributed by atoms with Gasteiger partial charge in [-0.1, -0.05) is 32.6 Å². The topological polar surface area (TPSA) is 80.0 Å². The van der Waals surface area contributed by atoms with E-state index in [1.54, 1.807) is 12.3 Å². The number of amides is 1. The highest BCUT2D eigenvalue weighted by Gasteiger charge is 2.18. The Morgan fingerprint density at radius 3 is 2.81 bits per heavy atom. The van der Waals surface area contributed by atoms with Crippen molar-refractivity contribution in [2.24, 2.45) is 17.7 Å². The summed E-state index contributed by atoms with van der Waals surface area (Å²) in [6.45, 7) is 3.02. The number of hydrogen-bond acceptors (Lipinski definition) is 4. The predicted molar refractivity (Wildman–Crippen MR) is 87.8 cm³/mol. The minimum Gasteiger partial charge on any atom is -0.352 e. The lowest BCUT2D eigenvalue weighted by molar-refractivity contribution is 0.0950. The fourth-order valence-corrected chi connectivity index (χ4v) is 3.16. The molecule has 0 radical (unpaired) electrons. The second kappa shape index (κ2) is 7.75. The van der Waals surface area contributed by atoms with E-state index in [1.807, 2.05) is 0 Å². The van der Waals surface area contributed by atoms with Gasteiger partial charge in [0, 0.05) is 17.2 Å². The van der Waals surface area contributed by atoms with E-state index >= 15 is 0 Å². The maximum Gasteiger partial charge on any atom is 0.255 e. The quantitative estimate of drug-likeness (QED) is 0.560. The number of nitrogens with zero attached hydrogens (tertiary/aromatic N) is 1. The Bertz CT molecular complexity index is 487. The number of pyridine rings is 1. The maximum absolute atomic E-state index is 12.2. The Balaban J connectivity index is 1.83. The van der Waals surface area contributed by atoms with E-state index in [0.29, 0.717) is 17.9 Å². The molecule has 1 fully saturated rings. The summed E-state index contributed by atoms with van der Waals surface area (Å²) in [5.74, 6) is 7.25. The fourth-order valence-electron chi connectivity index (χ4n) is 2.83. The van der Waals surface area contributed by atoms with Crippen LogP contribution in [0.5, 0.6) is 0 Å². The molecule has 1 aromatic rings. The average molecular weight is 355 g/mol. The molecule has 5 nitrogen and oxygen atoms in total. The Morgan fingerprint density at radius 2 is 2.14 bits per heavy atom. The van der Waals surface area contributed by atoms with Gasteiger partial charge in [-0.15, -0.1) is 0 Å². The zero-order chi connectivity index (χ0) is 15.2. The monoisotopic (exact) mass is 354 g/mol. The number of anilines is 1. The Labute approximate surface area is 134 Å². The molecule has 0 aromatic carbocycles. The summed E-state index contributed by atoms with van der Waals surface area (Å²) < 4.78 is 0.757. The first kappa shape index (κ1) is 16.2. The molecule has 1 aliphatic carbocycles. The summed E-state index contributed by atoms with van der Waals surface area (Å²) in [5.41, 5.74) is 2.92. The molecule has 0 saturated heterocycles. The highest BCUT2D eigenvalue weighted by atomic mass is 79.9. The molecule has 1 saturated carbocycles. The van der Waals surface area contributed by atoms with Gasteiger partial charge >= 0.3 is 0 Å². The third-order valence-corrected chi connectivity index (χ3v) is 4.64. The zero-order valence-electron chi connectivity index (χ0n) is 12.4. The number of rotatable bonds is 5. The van der Waals surface area contributed by atoms with E-state index in [4.69, 9.17) is 5.84 Å². The van der Waals surface area contributed by atoms with Crippen molar-refractivity contribution >= 4 is 27.7 Å². The number of nitrogens with two attached hydrogens (primary N) is 1. The van der Waals surface area contributed by atoms with Gasteiger partial charge in [-0.05, 0) is 40.3 Å². The number of aromatic nitrogens is 1. The third kappa shape index (κ3) is 4.68. The summed E-state index contributed by atoms with van der Waals surface area (Å²) >= 11 is 3.32. The maximum atomic E-state index is 12.2. The standard InChI is InChI=1S/C15H23BrN4O/c1-10-2-4-11(5-3-10)6-7-18-15(21)13-8-12(16)9-19-14(13)20-17/h8-11H,2-7,17H2,1H3,(H,18,21)(H,19,20). The molecule has 1 aliphatic rings. The average Bonchev–Trinajstić information content (AvgIpc) is 2.49. The van der Waals surface area contributed by atoms with Crippen molar-refractivity contribution in [1.82, 2.24) is 10.3 Å². The van der Waals surface area contributed by atoms with Gasteiger partial charge in [-0.2, -0.15) is 0 Å². The van der Waals surface area contributed by atoms with Crippen LogP contribution in [-0.4, -0.2) is 17.4 Å². The normalized spacial score (nSPS) is 21.9. The Morgan fingerprint density at radius 1 is 1.43 bits per heavy atom. The van der Waals surface area contributed by atoms with E-state index in [-0.39, 0.29) is 5.91 Å². The number of halogens is 1. The van der Waals surface area contributed by atoms with Crippen molar-refractivity contribution in [2.75, 3.05) is 12.0 Å². The van der Waals surface area contributed by atoms with E-state index in [0.717, 1.165) is 22.7 Å². The van der Waals surface area contributed by atoms with Crippen LogP contribution in [0.2, 0.25) is 0 Å².